The van der Waals surface area contributed by atoms with Gasteiger partial charge in [-0.05, 0) is 56.1 Å². The average Bonchev–Trinajstić information content (AvgIpc) is 2.48. The largest absolute Gasteiger partial charge is 0.339 e. The Labute approximate surface area is 132 Å². The van der Waals surface area contributed by atoms with E-state index in [1.54, 1.807) is 0 Å². The van der Waals surface area contributed by atoms with E-state index in [2.05, 4.69) is 29.2 Å². The molecule has 0 aromatic heterocycles. The number of hydrogen-bond acceptors (Lipinski definition) is 1. The third kappa shape index (κ3) is 3.11. The van der Waals surface area contributed by atoms with E-state index in [0.717, 1.165) is 32.2 Å². The van der Waals surface area contributed by atoms with Gasteiger partial charge in [0.25, 0.3) is 0 Å². The van der Waals surface area contributed by atoms with Crippen molar-refractivity contribution in [1.82, 2.24) is 4.90 Å². The Hall–Kier alpha value is -1.02. The zero-order valence-corrected chi connectivity index (χ0v) is 13.3. The number of carbonyl (C=O) groups is 1. The van der Waals surface area contributed by atoms with Crippen LogP contribution in [-0.4, -0.2) is 29.3 Å². The molecule has 1 unspecified atom stereocenters. The molecule has 1 saturated carbocycles. The Morgan fingerprint density at radius 2 is 2.00 bits per heavy atom. The number of hydrogen-bond donors (Lipinski definition) is 0. The fourth-order valence-electron chi connectivity index (χ4n) is 3.61. The fourth-order valence-corrected chi connectivity index (χ4v) is 3.73. The van der Waals surface area contributed by atoms with E-state index < -0.39 is 0 Å². The van der Waals surface area contributed by atoms with Crippen LogP contribution < -0.4 is 0 Å². The quantitative estimate of drug-likeness (QED) is 0.749. The van der Waals surface area contributed by atoms with Gasteiger partial charge < -0.3 is 4.90 Å². The second-order valence-corrected chi connectivity index (χ2v) is 6.68. The van der Waals surface area contributed by atoms with Gasteiger partial charge in [-0.2, -0.15) is 0 Å². The molecule has 1 aromatic rings. The Kier molecular flexibility index (Phi) is 4.84. The van der Waals surface area contributed by atoms with E-state index in [9.17, 15) is 4.79 Å². The van der Waals surface area contributed by atoms with Crippen LogP contribution in [0.1, 0.15) is 55.6 Å². The molecular formula is C18H24ClNO. The minimum atomic E-state index is 0.0749. The van der Waals surface area contributed by atoms with Gasteiger partial charge in [-0.25, -0.2) is 0 Å². The lowest BCUT2D eigenvalue weighted by atomic mass is 9.81. The van der Waals surface area contributed by atoms with Crippen LogP contribution in [0.2, 0.25) is 0 Å². The molecule has 21 heavy (non-hydrogen) atoms. The summed E-state index contributed by atoms with van der Waals surface area (Å²) in [6.45, 7) is 0.825. The van der Waals surface area contributed by atoms with Crippen molar-refractivity contribution in [2.24, 2.45) is 0 Å². The molecule has 1 fully saturated rings. The lowest BCUT2D eigenvalue weighted by Crippen LogP contribution is -2.47. The molecule has 1 atom stereocenters. The van der Waals surface area contributed by atoms with Crippen molar-refractivity contribution in [2.75, 3.05) is 12.4 Å². The predicted octanol–water partition coefficient (Wildman–Crippen LogP) is 4.12. The first kappa shape index (κ1) is 14.9. The van der Waals surface area contributed by atoms with Crippen molar-refractivity contribution < 1.29 is 4.79 Å². The molecule has 0 spiro atoms. The summed E-state index contributed by atoms with van der Waals surface area (Å²) in [5.41, 5.74) is 2.64. The van der Waals surface area contributed by atoms with Gasteiger partial charge in [0.1, 0.15) is 0 Å². The molecule has 2 aliphatic rings. The minimum absolute atomic E-state index is 0.0749. The molecule has 3 rings (SSSR count). The standard InChI is InChI=1S/C18H24ClNO/c19-12-5-13-20(15-8-4-9-15)18(21)17-11-3-7-14-6-1-2-10-16(14)17/h1-2,6,10,15,17H,3-5,7-9,11-13H2. The van der Waals surface area contributed by atoms with Crippen LogP contribution in [0.3, 0.4) is 0 Å². The highest BCUT2D eigenvalue weighted by Crippen LogP contribution is 2.35. The molecule has 2 aliphatic carbocycles. The highest BCUT2D eigenvalue weighted by molar-refractivity contribution is 6.17. The summed E-state index contributed by atoms with van der Waals surface area (Å²) in [5.74, 6) is 1.06. The third-order valence-electron chi connectivity index (χ3n) is 5.00. The molecular weight excluding hydrogens is 282 g/mol. The first-order valence-corrected chi connectivity index (χ1v) is 8.79. The molecule has 0 radical (unpaired) electrons. The van der Waals surface area contributed by atoms with E-state index in [0.29, 0.717) is 17.8 Å². The van der Waals surface area contributed by atoms with Crippen LogP contribution in [0.4, 0.5) is 0 Å². The maximum atomic E-state index is 13.1. The highest BCUT2D eigenvalue weighted by atomic mass is 35.5. The number of aryl methyl sites for hydroxylation is 1. The summed E-state index contributed by atoms with van der Waals surface area (Å²) in [4.78, 5) is 15.2. The van der Waals surface area contributed by atoms with Crippen LogP contribution in [0.5, 0.6) is 0 Å². The van der Waals surface area contributed by atoms with E-state index >= 15 is 0 Å². The lowest BCUT2D eigenvalue weighted by Gasteiger charge is -2.40. The predicted molar refractivity (Wildman–Crippen MR) is 86.8 cm³/mol. The zero-order chi connectivity index (χ0) is 14.7. The molecule has 1 aromatic carbocycles. The second-order valence-electron chi connectivity index (χ2n) is 6.30. The van der Waals surface area contributed by atoms with Crippen molar-refractivity contribution >= 4 is 17.5 Å². The van der Waals surface area contributed by atoms with Crippen LogP contribution in [-0.2, 0) is 11.2 Å². The van der Waals surface area contributed by atoms with E-state index in [4.69, 9.17) is 11.6 Å². The topological polar surface area (TPSA) is 20.3 Å². The van der Waals surface area contributed by atoms with Gasteiger partial charge >= 0.3 is 0 Å². The zero-order valence-electron chi connectivity index (χ0n) is 12.6. The summed E-state index contributed by atoms with van der Waals surface area (Å²) < 4.78 is 0. The average molecular weight is 306 g/mol. The summed E-state index contributed by atoms with van der Waals surface area (Å²) in [6.07, 6.45) is 7.74. The number of nitrogens with zero attached hydrogens (tertiary/aromatic N) is 1. The van der Waals surface area contributed by atoms with Crippen molar-refractivity contribution in [1.29, 1.82) is 0 Å². The van der Waals surface area contributed by atoms with Crippen molar-refractivity contribution in [3.63, 3.8) is 0 Å². The fraction of sp³-hybridized carbons (Fsp3) is 0.611. The number of benzene rings is 1. The van der Waals surface area contributed by atoms with Gasteiger partial charge in [0.2, 0.25) is 5.91 Å². The molecule has 0 heterocycles. The summed E-state index contributed by atoms with van der Waals surface area (Å²) >= 11 is 5.85. The first-order valence-electron chi connectivity index (χ1n) is 8.25. The molecule has 3 heteroatoms. The van der Waals surface area contributed by atoms with Crippen molar-refractivity contribution in [3.05, 3.63) is 35.4 Å². The molecule has 0 aliphatic heterocycles. The SMILES string of the molecule is O=C(C1CCCc2ccccc21)N(CCCCl)C1CCC1. The van der Waals surface area contributed by atoms with E-state index in [1.807, 2.05) is 0 Å². The molecule has 0 saturated heterocycles. The minimum Gasteiger partial charge on any atom is -0.339 e. The van der Waals surface area contributed by atoms with Crippen LogP contribution in [0.25, 0.3) is 0 Å². The maximum absolute atomic E-state index is 13.1. The van der Waals surface area contributed by atoms with Crippen molar-refractivity contribution in [3.8, 4) is 0 Å². The number of carbonyl (C=O) groups excluding carboxylic acids is 1. The number of halogens is 1. The van der Waals surface area contributed by atoms with E-state index in [-0.39, 0.29) is 5.92 Å². The van der Waals surface area contributed by atoms with Crippen molar-refractivity contribution in [2.45, 2.75) is 56.9 Å². The normalized spacial score (nSPS) is 21.5. The summed E-state index contributed by atoms with van der Waals surface area (Å²) in [7, 11) is 0. The molecule has 0 bridgehead atoms. The van der Waals surface area contributed by atoms with Gasteiger partial charge in [0.05, 0.1) is 5.92 Å². The smallest absolute Gasteiger partial charge is 0.230 e. The Balaban J connectivity index is 1.79. The summed E-state index contributed by atoms with van der Waals surface area (Å²) in [5, 5.41) is 0. The third-order valence-corrected chi connectivity index (χ3v) is 5.27. The summed E-state index contributed by atoms with van der Waals surface area (Å²) in [6, 6.07) is 8.95. The molecule has 1 amide bonds. The van der Waals surface area contributed by atoms with Gasteiger partial charge in [0, 0.05) is 18.5 Å². The van der Waals surface area contributed by atoms with Crippen LogP contribution >= 0.6 is 11.6 Å². The highest BCUT2D eigenvalue weighted by Gasteiger charge is 2.34. The number of rotatable bonds is 5. The number of amides is 1. The van der Waals surface area contributed by atoms with Crippen LogP contribution in [0, 0.1) is 0 Å². The maximum Gasteiger partial charge on any atom is 0.230 e. The molecule has 0 N–H and O–H groups in total. The Morgan fingerprint density at radius 3 is 2.71 bits per heavy atom. The number of fused-ring (bicyclic) bond motifs is 1. The van der Waals surface area contributed by atoms with Crippen LogP contribution in [0.15, 0.2) is 24.3 Å². The second kappa shape index (κ2) is 6.83. The van der Waals surface area contributed by atoms with Gasteiger partial charge in [0.15, 0.2) is 0 Å². The Bertz CT molecular complexity index is 498. The van der Waals surface area contributed by atoms with Gasteiger partial charge in [-0.1, -0.05) is 24.3 Å². The molecule has 2 nitrogen and oxygen atoms in total. The van der Waals surface area contributed by atoms with Gasteiger partial charge in [-0.15, -0.1) is 11.6 Å². The number of alkyl halides is 1. The molecule has 114 valence electrons. The van der Waals surface area contributed by atoms with E-state index in [1.165, 1.54) is 30.4 Å². The lowest BCUT2D eigenvalue weighted by molar-refractivity contribution is -0.137. The monoisotopic (exact) mass is 305 g/mol. The van der Waals surface area contributed by atoms with Gasteiger partial charge in [-0.3, -0.25) is 4.79 Å². The first-order chi connectivity index (χ1) is 10.3. The Morgan fingerprint density at radius 1 is 1.19 bits per heavy atom.